The highest BCUT2D eigenvalue weighted by molar-refractivity contribution is 9.10. The van der Waals surface area contributed by atoms with E-state index >= 15 is 0 Å². The van der Waals surface area contributed by atoms with Crippen molar-refractivity contribution in [2.45, 2.75) is 18.6 Å². The molecule has 2 atom stereocenters. The van der Waals surface area contributed by atoms with Crippen LogP contribution >= 0.6 is 27.5 Å². The van der Waals surface area contributed by atoms with E-state index < -0.39 is 6.17 Å². The van der Waals surface area contributed by atoms with Gasteiger partial charge in [-0.05, 0) is 75.6 Å². The van der Waals surface area contributed by atoms with Gasteiger partial charge < -0.3 is 14.6 Å². The number of fused-ring (bicyclic) bond motifs is 1. The third-order valence-corrected chi connectivity index (χ3v) is 6.21. The van der Waals surface area contributed by atoms with Crippen LogP contribution < -0.4 is 14.8 Å². The smallest absolute Gasteiger partial charge is 0.231 e. The molecule has 158 valence electrons. The van der Waals surface area contributed by atoms with Gasteiger partial charge in [0.1, 0.15) is 17.7 Å². The van der Waals surface area contributed by atoms with Crippen LogP contribution in [0.4, 0.5) is 4.39 Å². The van der Waals surface area contributed by atoms with Crippen LogP contribution in [0.2, 0.25) is 5.02 Å². The molecule has 2 N–H and O–H groups in total. The molecule has 0 radical (unpaired) electrons. The second-order valence-electron chi connectivity index (χ2n) is 7.35. The molecule has 0 bridgehead atoms. The van der Waals surface area contributed by atoms with Crippen LogP contribution in [0.5, 0.6) is 17.2 Å². The first-order valence-electron chi connectivity index (χ1n) is 9.64. The summed E-state index contributed by atoms with van der Waals surface area (Å²) in [6.45, 7) is 0.193. The number of hydrogen-bond donors (Lipinski definition) is 2. The van der Waals surface area contributed by atoms with Gasteiger partial charge in [0.25, 0.3) is 0 Å². The molecular formula is C23H17BrClFN2O3. The predicted octanol–water partition coefficient (Wildman–Crippen LogP) is 5.90. The third-order valence-electron chi connectivity index (χ3n) is 5.37. The van der Waals surface area contributed by atoms with Crippen LogP contribution in [0.1, 0.15) is 35.3 Å². The Morgan fingerprint density at radius 2 is 1.90 bits per heavy atom. The number of hydrogen-bond acceptors (Lipinski definition) is 5. The Balaban J connectivity index is 1.58. The van der Waals surface area contributed by atoms with Gasteiger partial charge in [-0.15, -0.1) is 0 Å². The van der Waals surface area contributed by atoms with E-state index in [2.05, 4.69) is 21.2 Å². The minimum atomic E-state index is -0.450. The Labute approximate surface area is 191 Å². The van der Waals surface area contributed by atoms with E-state index in [0.29, 0.717) is 33.0 Å². The van der Waals surface area contributed by atoms with E-state index in [1.54, 1.807) is 30.3 Å². The monoisotopic (exact) mass is 502 g/mol. The Morgan fingerprint density at radius 1 is 1.06 bits per heavy atom. The number of benzene rings is 3. The van der Waals surface area contributed by atoms with Crippen LogP contribution in [0, 0.1) is 5.82 Å². The Hall–Kier alpha value is -2.61. The lowest BCUT2D eigenvalue weighted by Crippen LogP contribution is -2.33. The maximum absolute atomic E-state index is 13.8. The predicted molar refractivity (Wildman–Crippen MR) is 120 cm³/mol. The van der Waals surface area contributed by atoms with Crippen molar-refractivity contribution in [2.75, 3.05) is 6.79 Å². The largest absolute Gasteiger partial charge is 0.508 e. The molecule has 3 aromatic carbocycles. The van der Waals surface area contributed by atoms with Gasteiger partial charge in [-0.25, -0.2) is 4.39 Å². The molecule has 8 heteroatoms. The van der Waals surface area contributed by atoms with Crippen molar-refractivity contribution < 1.29 is 19.0 Å². The van der Waals surface area contributed by atoms with E-state index in [-0.39, 0.29) is 24.4 Å². The molecule has 31 heavy (non-hydrogen) atoms. The summed E-state index contributed by atoms with van der Waals surface area (Å²) in [6.07, 6.45) is 0.0707. The molecule has 0 spiro atoms. The number of phenols is 1. The number of phenolic OH excluding ortho intramolecular Hbond substituents is 1. The molecule has 2 aliphatic rings. The molecule has 0 saturated heterocycles. The van der Waals surface area contributed by atoms with Crippen molar-refractivity contribution in [1.29, 1.82) is 0 Å². The Bertz CT molecular complexity index is 1200. The van der Waals surface area contributed by atoms with Gasteiger partial charge in [0.2, 0.25) is 6.79 Å². The van der Waals surface area contributed by atoms with Gasteiger partial charge in [-0.3, -0.25) is 10.3 Å². The Morgan fingerprint density at radius 3 is 2.74 bits per heavy atom. The average Bonchev–Trinajstić information content (AvgIpc) is 3.25. The highest BCUT2D eigenvalue weighted by Gasteiger charge is 2.29. The SMILES string of the molecule is Oc1ccc(Cl)cc1[C@H]1CC(c2ccc3c(c2)OCO3)=N[C@@H](c2ccc(F)c(Br)c2)N1. The van der Waals surface area contributed by atoms with E-state index in [1.807, 2.05) is 18.2 Å². The lowest BCUT2D eigenvalue weighted by molar-refractivity contribution is 0.174. The van der Waals surface area contributed by atoms with Crippen LogP contribution in [0.3, 0.4) is 0 Å². The van der Waals surface area contributed by atoms with Gasteiger partial charge in [0.15, 0.2) is 11.5 Å². The summed E-state index contributed by atoms with van der Waals surface area (Å²) in [5.41, 5.74) is 3.18. The van der Waals surface area contributed by atoms with Gasteiger partial charge >= 0.3 is 0 Å². The van der Waals surface area contributed by atoms with E-state index in [4.69, 9.17) is 26.1 Å². The maximum atomic E-state index is 13.8. The van der Waals surface area contributed by atoms with Crippen LogP contribution in [0.25, 0.3) is 0 Å². The van der Waals surface area contributed by atoms with Gasteiger partial charge in [0, 0.05) is 28.8 Å². The first kappa shape index (κ1) is 20.3. The fraction of sp³-hybridized carbons (Fsp3) is 0.174. The second-order valence-corrected chi connectivity index (χ2v) is 8.64. The molecule has 2 heterocycles. The maximum Gasteiger partial charge on any atom is 0.231 e. The first-order valence-corrected chi connectivity index (χ1v) is 10.8. The van der Waals surface area contributed by atoms with Crippen LogP contribution in [-0.4, -0.2) is 17.6 Å². The quantitative estimate of drug-likeness (QED) is 0.467. The van der Waals surface area contributed by atoms with E-state index in [0.717, 1.165) is 16.8 Å². The average molecular weight is 504 g/mol. The molecule has 0 saturated carbocycles. The summed E-state index contributed by atoms with van der Waals surface area (Å²) in [5, 5.41) is 14.5. The van der Waals surface area contributed by atoms with E-state index in [1.165, 1.54) is 6.07 Å². The summed E-state index contributed by atoms with van der Waals surface area (Å²) >= 11 is 9.45. The molecule has 0 fully saturated rings. The summed E-state index contributed by atoms with van der Waals surface area (Å²) < 4.78 is 25.1. The third kappa shape index (κ3) is 4.01. The first-order chi connectivity index (χ1) is 15.0. The van der Waals surface area contributed by atoms with Crippen molar-refractivity contribution in [3.63, 3.8) is 0 Å². The molecule has 0 unspecified atom stereocenters. The topological polar surface area (TPSA) is 63.1 Å². The zero-order chi connectivity index (χ0) is 21.5. The van der Waals surface area contributed by atoms with Crippen molar-refractivity contribution in [3.05, 3.63) is 86.6 Å². The molecule has 0 aliphatic carbocycles. The molecule has 5 rings (SSSR count). The summed E-state index contributed by atoms with van der Waals surface area (Å²) in [7, 11) is 0. The van der Waals surface area contributed by atoms with Gasteiger partial charge in [0.05, 0.1) is 4.47 Å². The summed E-state index contributed by atoms with van der Waals surface area (Å²) in [4.78, 5) is 4.90. The lowest BCUT2D eigenvalue weighted by atomic mass is 9.93. The van der Waals surface area contributed by atoms with Gasteiger partial charge in [-0.1, -0.05) is 17.7 Å². The molecule has 2 aliphatic heterocycles. The number of rotatable bonds is 3. The highest BCUT2D eigenvalue weighted by atomic mass is 79.9. The van der Waals surface area contributed by atoms with Crippen molar-refractivity contribution in [3.8, 4) is 17.2 Å². The highest BCUT2D eigenvalue weighted by Crippen LogP contribution is 2.38. The van der Waals surface area contributed by atoms with Crippen LogP contribution in [0.15, 0.2) is 64.1 Å². The number of aliphatic imine (C=N–C) groups is 1. The zero-order valence-electron chi connectivity index (χ0n) is 16.1. The number of nitrogens with one attached hydrogen (secondary N) is 1. The minimum absolute atomic E-state index is 0.146. The fourth-order valence-corrected chi connectivity index (χ4v) is 4.39. The van der Waals surface area contributed by atoms with Crippen LogP contribution in [-0.2, 0) is 0 Å². The number of nitrogens with zero attached hydrogens (tertiary/aromatic N) is 1. The molecule has 0 aromatic heterocycles. The second kappa shape index (κ2) is 8.15. The molecule has 3 aromatic rings. The standard InChI is InChI=1S/C23H17BrClFN2O3/c24-16-7-13(1-4-17(16)26)23-27-18(12-2-6-21-22(8-12)31-11-30-21)10-19(28-23)15-9-14(25)3-5-20(15)29/h1-9,19,23,28-29H,10-11H2/t19-,23-/m1/s1. The molecular weight excluding hydrogens is 487 g/mol. The van der Waals surface area contributed by atoms with Crippen molar-refractivity contribution >= 4 is 33.2 Å². The molecule has 0 amide bonds. The zero-order valence-corrected chi connectivity index (χ0v) is 18.5. The number of aromatic hydroxyl groups is 1. The Kier molecular flexibility index (Phi) is 5.33. The lowest BCUT2D eigenvalue weighted by Gasteiger charge is -2.31. The van der Waals surface area contributed by atoms with E-state index in [9.17, 15) is 9.50 Å². The number of ether oxygens (including phenoxy) is 2. The van der Waals surface area contributed by atoms with Gasteiger partial charge in [-0.2, -0.15) is 0 Å². The summed E-state index contributed by atoms with van der Waals surface area (Å²) in [6, 6.07) is 15.2. The normalized spacial score (nSPS) is 19.9. The number of halogens is 3. The summed E-state index contributed by atoms with van der Waals surface area (Å²) in [5.74, 6) is 1.17. The molecule has 5 nitrogen and oxygen atoms in total. The fourth-order valence-electron chi connectivity index (χ4n) is 3.81. The van der Waals surface area contributed by atoms with Crippen molar-refractivity contribution in [2.24, 2.45) is 4.99 Å². The van der Waals surface area contributed by atoms with Crippen molar-refractivity contribution in [1.82, 2.24) is 5.32 Å². The minimum Gasteiger partial charge on any atom is -0.508 e.